The van der Waals surface area contributed by atoms with E-state index in [-0.39, 0.29) is 29.1 Å². The summed E-state index contributed by atoms with van der Waals surface area (Å²) in [5.74, 6) is -0.258. The van der Waals surface area contributed by atoms with E-state index < -0.39 is 5.41 Å². The predicted octanol–water partition coefficient (Wildman–Crippen LogP) is 6.34. The van der Waals surface area contributed by atoms with E-state index in [4.69, 9.17) is 16.5 Å². The van der Waals surface area contributed by atoms with Crippen molar-refractivity contribution in [2.24, 2.45) is 11.8 Å². The first-order valence-electron chi connectivity index (χ1n) is 12.1. The highest BCUT2D eigenvalue weighted by Gasteiger charge is 2.49. The number of Topliss-reactive ketones (excluding diaryl/α,β-unsaturated/α-hetero) is 1. The van der Waals surface area contributed by atoms with Gasteiger partial charge in [-0.15, -0.1) is 0 Å². The lowest BCUT2D eigenvalue weighted by molar-refractivity contribution is -0.121. The number of carbonyl (C=O) groups is 1. The Morgan fingerprint density at radius 1 is 1.11 bits per heavy atom. The van der Waals surface area contributed by atoms with Crippen molar-refractivity contribution in [3.8, 4) is 22.6 Å². The Hall–Kier alpha value is -4.24. The molecule has 2 aromatic carbocycles. The summed E-state index contributed by atoms with van der Waals surface area (Å²) < 4.78 is 15.1. The monoisotopic (exact) mass is 474 g/mol. The van der Waals surface area contributed by atoms with Crippen molar-refractivity contribution in [2.45, 2.75) is 32.1 Å². The second-order valence-corrected chi connectivity index (χ2v) is 9.84. The van der Waals surface area contributed by atoms with Gasteiger partial charge < -0.3 is 4.79 Å². The zero-order valence-electron chi connectivity index (χ0n) is 20.0. The Bertz CT molecular complexity index is 1640. The summed E-state index contributed by atoms with van der Waals surface area (Å²) in [6, 6.07) is 16.4. The van der Waals surface area contributed by atoms with Gasteiger partial charge in [-0.1, -0.05) is 38.1 Å². The van der Waals surface area contributed by atoms with Crippen LogP contribution in [-0.2, 0) is 16.6 Å². The molecule has 3 atom stereocenters. The van der Waals surface area contributed by atoms with Gasteiger partial charge in [-0.25, -0.2) is 19.2 Å². The van der Waals surface area contributed by atoms with Gasteiger partial charge in [0.2, 0.25) is 5.70 Å². The molecule has 0 radical (unpaired) electrons. The van der Waals surface area contributed by atoms with Crippen molar-refractivity contribution in [2.75, 3.05) is 0 Å². The Labute approximate surface area is 208 Å². The molecule has 0 saturated carbocycles. The van der Waals surface area contributed by atoms with E-state index in [0.717, 1.165) is 34.1 Å². The van der Waals surface area contributed by atoms with Crippen molar-refractivity contribution in [3.05, 3.63) is 101 Å². The number of hydrogen-bond acceptors (Lipinski definition) is 4. The predicted molar refractivity (Wildman–Crippen MR) is 136 cm³/mol. The van der Waals surface area contributed by atoms with Crippen LogP contribution in [0.5, 0.6) is 0 Å². The number of pyridine rings is 1. The lowest BCUT2D eigenvalue weighted by Gasteiger charge is -2.46. The highest BCUT2D eigenvalue weighted by molar-refractivity contribution is 6.00. The van der Waals surface area contributed by atoms with E-state index in [1.54, 1.807) is 30.5 Å². The van der Waals surface area contributed by atoms with E-state index in [1.807, 2.05) is 37.3 Å². The lowest BCUT2D eigenvalue weighted by atomic mass is 9.58. The van der Waals surface area contributed by atoms with Crippen LogP contribution in [-0.4, -0.2) is 20.7 Å². The van der Waals surface area contributed by atoms with E-state index in [9.17, 15) is 4.79 Å². The van der Waals surface area contributed by atoms with Crippen LogP contribution < -0.4 is 0 Å². The topological polar surface area (TPSA) is 60.1 Å². The zero-order chi connectivity index (χ0) is 25.0. The summed E-state index contributed by atoms with van der Waals surface area (Å²) in [7, 11) is 0. The first-order valence-corrected chi connectivity index (χ1v) is 12.1. The van der Waals surface area contributed by atoms with Crippen molar-refractivity contribution in [3.63, 3.8) is 0 Å². The lowest BCUT2D eigenvalue weighted by Crippen LogP contribution is -2.46. The molecule has 0 spiro atoms. The fourth-order valence-electron chi connectivity index (χ4n) is 5.96. The molecule has 0 saturated heterocycles. The molecule has 176 valence electrons. The molecule has 2 aliphatic rings. The second kappa shape index (κ2) is 8.17. The zero-order valence-corrected chi connectivity index (χ0v) is 20.0. The van der Waals surface area contributed by atoms with E-state index in [1.165, 1.54) is 6.07 Å². The normalized spacial score (nSPS) is 22.9. The Morgan fingerprint density at radius 2 is 1.94 bits per heavy atom. The van der Waals surface area contributed by atoms with Crippen molar-refractivity contribution < 1.29 is 9.18 Å². The number of ketones is 1. The molecule has 6 heteroatoms. The summed E-state index contributed by atoms with van der Waals surface area (Å²) >= 11 is 0. The van der Waals surface area contributed by atoms with Crippen molar-refractivity contribution in [1.29, 1.82) is 0 Å². The van der Waals surface area contributed by atoms with Crippen LogP contribution in [0, 0.1) is 24.2 Å². The standard InChI is InChI=1S/C30H23FN4O/c1-17-22-12-11-21-26(20-8-4-5-9-23(20)31)34-29(19-10-13-24-18(15-19)7-6-14-33-24)35-28(21)30(22,2)16-25(32-3)27(17)36/h4-10,13-17,22H,11-12H2,1-2H3/t17-,22-,30-/m1/s1. The van der Waals surface area contributed by atoms with Crippen molar-refractivity contribution >= 4 is 16.7 Å². The molecule has 0 unspecified atom stereocenters. The van der Waals surface area contributed by atoms with Crippen LogP contribution in [0.2, 0.25) is 0 Å². The molecular weight excluding hydrogens is 451 g/mol. The summed E-state index contributed by atoms with van der Waals surface area (Å²) in [6.07, 6.45) is 4.92. The largest absolute Gasteiger partial charge is 0.308 e. The van der Waals surface area contributed by atoms with Gasteiger partial charge in [-0.05, 0) is 55.2 Å². The van der Waals surface area contributed by atoms with E-state index in [2.05, 4.69) is 16.8 Å². The second-order valence-electron chi connectivity index (χ2n) is 9.84. The van der Waals surface area contributed by atoms with Gasteiger partial charge in [-0.2, -0.15) is 0 Å². The number of halogens is 1. The highest BCUT2D eigenvalue weighted by Crippen LogP contribution is 2.51. The molecule has 2 heterocycles. The van der Waals surface area contributed by atoms with Gasteiger partial charge >= 0.3 is 0 Å². The molecule has 2 aliphatic carbocycles. The minimum absolute atomic E-state index is 0.0000220. The fraction of sp³-hybridized carbons (Fsp3) is 0.233. The Kier molecular flexibility index (Phi) is 5.04. The third kappa shape index (κ3) is 3.27. The third-order valence-electron chi connectivity index (χ3n) is 7.81. The minimum atomic E-state index is -0.642. The Balaban J connectivity index is 1.65. The van der Waals surface area contributed by atoms with Gasteiger partial charge in [0.05, 0.1) is 23.5 Å². The third-order valence-corrected chi connectivity index (χ3v) is 7.81. The molecule has 4 aromatic rings. The maximum absolute atomic E-state index is 15.1. The first-order chi connectivity index (χ1) is 17.4. The number of rotatable bonds is 2. The molecule has 2 aromatic heterocycles. The van der Waals surface area contributed by atoms with Gasteiger partial charge in [0.25, 0.3) is 0 Å². The summed E-state index contributed by atoms with van der Waals surface area (Å²) in [6.45, 7) is 11.6. The summed E-state index contributed by atoms with van der Waals surface area (Å²) in [5.41, 5.74) is 3.83. The molecule has 6 rings (SSSR count). The van der Waals surface area contributed by atoms with Gasteiger partial charge in [0, 0.05) is 39.6 Å². The number of hydrogen-bond donors (Lipinski definition) is 0. The maximum Gasteiger partial charge on any atom is 0.226 e. The number of fused-ring (bicyclic) bond motifs is 4. The van der Waals surface area contributed by atoms with Crippen LogP contribution in [0.1, 0.15) is 31.5 Å². The summed E-state index contributed by atoms with van der Waals surface area (Å²) in [5, 5.41) is 0.958. The first kappa shape index (κ1) is 22.2. The SMILES string of the molecule is [C-]#[N+]C1=C[C@@]2(C)c3nc(-c4ccc5ncccc5c4)nc(-c4ccccc4F)c3CC[C@@H]2[C@@H](C)C1=O. The number of carbonyl (C=O) groups excluding carboxylic acids is 1. The van der Waals surface area contributed by atoms with Crippen LogP contribution >= 0.6 is 0 Å². The average molecular weight is 475 g/mol. The molecule has 0 fully saturated rings. The van der Waals surface area contributed by atoms with E-state index in [0.29, 0.717) is 23.5 Å². The highest BCUT2D eigenvalue weighted by atomic mass is 19.1. The number of nitrogens with zero attached hydrogens (tertiary/aromatic N) is 4. The molecule has 0 N–H and O–H groups in total. The van der Waals surface area contributed by atoms with Crippen LogP contribution in [0.4, 0.5) is 4.39 Å². The molecule has 0 bridgehead atoms. The summed E-state index contributed by atoms with van der Waals surface area (Å²) in [4.78, 5) is 30.8. The van der Waals surface area contributed by atoms with Crippen LogP contribution in [0.25, 0.3) is 38.4 Å². The fourth-order valence-corrected chi connectivity index (χ4v) is 5.96. The smallest absolute Gasteiger partial charge is 0.226 e. The molecule has 0 amide bonds. The van der Waals surface area contributed by atoms with Crippen LogP contribution in [0.15, 0.2) is 72.6 Å². The Morgan fingerprint density at radius 3 is 2.75 bits per heavy atom. The molecule has 0 aliphatic heterocycles. The molecule has 36 heavy (non-hydrogen) atoms. The van der Waals surface area contributed by atoms with E-state index >= 15 is 4.39 Å². The molecule has 5 nitrogen and oxygen atoms in total. The van der Waals surface area contributed by atoms with Gasteiger partial charge in [-0.3, -0.25) is 4.98 Å². The van der Waals surface area contributed by atoms with Gasteiger partial charge in [0.15, 0.2) is 11.6 Å². The number of benzene rings is 2. The van der Waals surface area contributed by atoms with Crippen molar-refractivity contribution in [1.82, 2.24) is 15.0 Å². The van der Waals surface area contributed by atoms with Crippen LogP contribution in [0.3, 0.4) is 0 Å². The molecular formula is C30H23FN4O. The minimum Gasteiger partial charge on any atom is -0.308 e. The number of allylic oxidation sites excluding steroid dienone is 2. The average Bonchev–Trinajstić information content (AvgIpc) is 2.90. The maximum atomic E-state index is 15.1. The number of aromatic nitrogens is 3. The quantitative estimate of drug-likeness (QED) is 0.318. The van der Waals surface area contributed by atoms with Gasteiger partial charge in [0.1, 0.15) is 5.82 Å².